The first-order valence-corrected chi connectivity index (χ1v) is 7.84. The molecule has 1 amide bonds. The third kappa shape index (κ3) is 4.01. The summed E-state index contributed by atoms with van der Waals surface area (Å²) >= 11 is 1.59. The van der Waals surface area contributed by atoms with Gasteiger partial charge in [-0.25, -0.2) is 4.98 Å². The van der Waals surface area contributed by atoms with E-state index in [0.717, 1.165) is 29.4 Å². The molecule has 0 fully saturated rings. The van der Waals surface area contributed by atoms with Crippen LogP contribution in [0.25, 0.3) is 0 Å². The number of nitrogens with zero attached hydrogens (tertiary/aromatic N) is 3. The van der Waals surface area contributed by atoms with E-state index in [1.165, 1.54) is 0 Å². The number of aromatic nitrogens is 2. The van der Waals surface area contributed by atoms with E-state index in [0.29, 0.717) is 12.1 Å². The molecule has 2 heterocycles. The van der Waals surface area contributed by atoms with E-state index in [1.807, 2.05) is 18.4 Å². The number of anilines is 1. The van der Waals surface area contributed by atoms with Crippen molar-refractivity contribution in [2.75, 3.05) is 18.9 Å². The molecule has 2 rings (SSSR count). The molecule has 0 aliphatic carbocycles. The maximum Gasteiger partial charge on any atom is 0.257 e. The standard InChI is InChI=1S/C15H20N4OS/c1-4-6-17-14-5-7-16-8-13(14)15(20)19(3)9-12-10-21-11(2)18-12/h5,7-8,10H,4,6,9H2,1-3H3,(H,16,17). The Bertz CT molecular complexity index is 611. The molecule has 21 heavy (non-hydrogen) atoms. The highest BCUT2D eigenvalue weighted by Gasteiger charge is 2.17. The van der Waals surface area contributed by atoms with Crippen LogP contribution >= 0.6 is 11.3 Å². The average molecular weight is 304 g/mol. The SMILES string of the molecule is CCCNc1ccncc1C(=O)N(C)Cc1csc(C)n1. The lowest BCUT2D eigenvalue weighted by atomic mass is 10.2. The third-order valence-electron chi connectivity index (χ3n) is 3.03. The topological polar surface area (TPSA) is 58.1 Å². The zero-order valence-corrected chi connectivity index (χ0v) is 13.4. The minimum Gasteiger partial charge on any atom is -0.384 e. The quantitative estimate of drug-likeness (QED) is 0.891. The van der Waals surface area contributed by atoms with Gasteiger partial charge >= 0.3 is 0 Å². The number of hydrogen-bond acceptors (Lipinski definition) is 5. The summed E-state index contributed by atoms with van der Waals surface area (Å²) in [4.78, 5) is 22.7. The van der Waals surface area contributed by atoms with Gasteiger partial charge in [-0.3, -0.25) is 9.78 Å². The van der Waals surface area contributed by atoms with Crippen molar-refractivity contribution in [3.05, 3.63) is 40.1 Å². The van der Waals surface area contributed by atoms with Crippen LogP contribution in [0.15, 0.2) is 23.8 Å². The van der Waals surface area contributed by atoms with Crippen molar-refractivity contribution in [1.29, 1.82) is 0 Å². The fourth-order valence-corrected chi connectivity index (χ4v) is 2.58. The van der Waals surface area contributed by atoms with Gasteiger partial charge < -0.3 is 10.2 Å². The maximum absolute atomic E-state index is 12.6. The molecule has 6 heteroatoms. The lowest BCUT2D eigenvalue weighted by Crippen LogP contribution is -2.27. The lowest BCUT2D eigenvalue weighted by molar-refractivity contribution is 0.0784. The Balaban J connectivity index is 2.11. The van der Waals surface area contributed by atoms with Crippen LogP contribution in [-0.4, -0.2) is 34.4 Å². The van der Waals surface area contributed by atoms with Crippen molar-refractivity contribution in [3.8, 4) is 0 Å². The second-order valence-corrected chi connectivity index (χ2v) is 5.93. The molecule has 1 N–H and O–H groups in total. The fourth-order valence-electron chi connectivity index (χ4n) is 1.98. The molecule has 0 saturated carbocycles. The Labute approximate surface area is 129 Å². The van der Waals surface area contributed by atoms with E-state index in [1.54, 1.807) is 35.7 Å². The van der Waals surface area contributed by atoms with Crippen molar-refractivity contribution in [1.82, 2.24) is 14.9 Å². The van der Waals surface area contributed by atoms with Gasteiger partial charge in [-0.05, 0) is 19.4 Å². The summed E-state index contributed by atoms with van der Waals surface area (Å²) in [5.74, 6) is -0.0487. The molecule has 0 aliphatic heterocycles. The van der Waals surface area contributed by atoms with Crippen molar-refractivity contribution in [3.63, 3.8) is 0 Å². The Morgan fingerprint density at radius 2 is 2.29 bits per heavy atom. The zero-order chi connectivity index (χ0) is 15.2. The summed E-state index contributed by atoms with van der Waals surface area (Å²) in [6.07, 6.45) is 4.31. The minimum atomic E-state index is -0.0487. The largest absolute Gasteiger partial charge is 0.384 e. The van der Waals surface area contributed by atoms with Crippen LogP contribution in [0.2, 0.25) is 0 Å². The molecule has 5 nitrogen and oxygen atoms in total. The van der Waals surface area contributed by atoms with Gasteiger partial charge in [0.2, 0.25) is 0 Å². The molecule has 0 bridgehead atoms. The Morgan fingerprint density at radius 3 is 2.95 bits per heavy atom. The molecule has 0 atom stereocenters. The first kappa shape index (κ1) is 15.4. The Hall–Kier alpha value is -1.95. The summed E-state index contributed by atoms with van der Waals surface area (Å²) < 4.78 is 0. The number of nitrogens with one attached hydrogen (secondary N) is 1. The number of pyridine rings is 1. The molecule has 0 saturated heterocycles. The summed E-state index contributed by atoms with van der Waals surface area (Å²) in [6.45, 7) is 5.39. The van der Waals surface area contributed by atoms with Crippen LogP contribution < -0.4 is 5.32 Å². The smallest absolute Gasteiger partial charge is 0.257 e. The second kappa shape index (κ2) is 7.17. The normalized spacial score (nSPS) is 10.4. The highest BCUT2D eigenvalue weighted by Crippen LogP contribution is 2.17. The minimum absolute atomic E-state index is 0.0487. The van der Waals surface area contributed by atoms with Gasteiger partial charge in [-0.1, -0.05) is 6.92 Å². The monoisotopic (exact) mass is 304 g/mol. The van der Waals surface area contributed by atoms with E-state index in [-0.39, 0.29) is 5.91 Å². The first-order chi connectivity index (χ1) is 10.1. The highest BCUT2D eigenvalue weighted by molar-refractivity contribution is 7.09. The number of carbonyl (C=O) groups is 1. The van der Waals surface area contributed by atoms with Crippen LogP contribution in [0.5, 0.6) is 0 Å². The van der Waals surface area contributed by atoms with E-state index in [4.69, 9.17) is 0 Å². The molecule has 2 aromatic rings. The van der Waals surface area contributed by atoms with Crippen LogP contribution in [0.1, 0.15) is 34.4 Å². The lowest BCUT2D eigenvalue weighted by Gasteiger charge is -2.18. The van der Waals surface area contributed by atoms with E-state index < -0.39 is 0 Å². The van der Waals surface area contributed by atoms with E-state index in [2.05, 4.69) is 22.2 Å². The molecule has 0 spiro atoms. The summed E-state index contributed by atoms with van der Waals surface area (Å²) in [7, 11) is 1.79. The second-order valence-electron chi connectivity index (χ2n) is 4.87. The van der Waals surface area contributed by atoms with Crippen molar-refractivity contribution in [2.45, 2.75) is 26.8 Å². The van der Waals surface area contributed by atoms with Crippen LogP contribution in [0.4, 0.5) is 5.69 Å². The van der Waals surface area contributed by atoms with Gasteiger partial charge in [0.1, 0.15) is 0 Å². The first-order valence-electron chi connectivity index (χ1n) is 6.96. The highest BCUT2D eigenvalue weighted by atomic mass is 32.1. The van der Waals surface area contributed by atoms with Gasteiger partial charge in [-0.15, -0.1) is 11.3 Å². The van der Waals surface area contributed by atoms with Gasteiger partial charge in [0.15, 0.2) is 0 Å². The zero-order valence-electron chi connectivity index (χ0n) is 12.6. The van der Waals surface area contributed by atoms with Crippen LogP contribution in [0, 0.1) is 6.92 Å². The number of hydrogen-bond donors (Lipinski definition) is 1. The molecular weight excluding hydrogens is 284 g/mol. The number of thiazole rings is 1. The predicted octanol–water partition coefficient (Wildman–Crippen LogP) is 2.94. The number of amides is 1. The predicted molar refractivity (Wildman–Crippen MR) is 85.7 cm³/mol. The van der Waals surface area contributed by atoms with Gasteiger partial charge in [0, 0.05) is 31.4 Å². The molecule has 2 aromatic heterocycles. The number of rotatable bonds is 6. The van der Waals surface area contributed by atoms with Crippen LogP contribution in [0.3, 0.4) is 0 Å². The number of carbonyl (C=O) groups excluding carboxylic acids is 1. The van der Waals surface area contributed by atoms with Crippen LogP contribution in [-0.2, 0) is 6.54 Å². The summed E-state index contributed by atoms with van der Waals surface area (Å²) in [5.41, 5.74) is 2.35. The Morgan fingerprint density at radius 1 is 1.48 bits per heavy atom. The molecule has 0 aromatic carbocycles. The maximum atomic E-state index is 12.6. The molecule has 0 aliphatic rings. The summed E-state index contributed by atoms with van der Waals surface area (Å²) in [6, 6.07) is 1.84. The fraction of sp³-hybridized carbons (Fsp3) is 0.400. The van der Waals surface area contributed by atoms with Crippen molar-refractivity contribution >= 4 is 22.9 Å². The number of aryl methyl sites for hydroxylation is 1. The van der Waals surface area contributed by atoms with Crippen molar-refractivity contribution < 1.29 is 4.79 Å². The van der Waals surface area contributed by atoms with E-state index >= 15 is 0 Å². The average Bonchev–Trinajstić information content (AvgIpc) is 2.89. The van der Waals surface area contributed by atoms with Gasteiger partial charge in [0.25, 0.3) is 5.91 Å². The van der Waals surface area contributed by atoms with E-state index in [9.17, 15) is 4.79 Å². The molecular formula is C15H20N4OS. The van der Waals surface area contributed by atoms with Gasteiger partial charge in [-0.2, -0.15) is 0 Å². The van der Waals surface area contributed by atoms with Gasteiger partial charge in [0.05, 0.1) is 28.5 Å². The molecule has 0 radical (unpaired) electrons. The Kier molecular flexibility index (Phi) is 5.27. The third-order valence-corrected chi connectivity index (χ3v) is 3.85. The molecule has 0 unspecified atom stereocenters. The molecule has 112 valence electrons. The summed E-state index contributed by atoms with van der Waals surface area (Å²) in [5, 5.41) is 6.26. The van der Waals surface area contributed by atoms with Crippen molar-refractivity contribution in [2.24, 2.45) is 0 Å².